The van der Waals surface area contributed by atoms with Gasteiger partial charge in [-0.05, 0) is 37.0 Å². The van der Waals surface area contributed by atoms with Crippen molar-refractivity contribution >= 4 is 5.91 Å². The van der Waals surface area contributed by atoms with Crippen molar-refractivity contribution in [3.05, 3.63) is 0 Å². The van der Waals surface area contributed by atoms with Gasteiger partial charge in [-0.3, -0.25) is 10.1 Å². The predicted octanol–water partition coefficient (Wildman–Crippen LogP) is 3.64. The number of rotatable bonds is 6. The molecule has 0 aliphatic carbocycles. The highest BCUT2D eigenvalue weighted by Gasteiger charge is 2.48. The first-order valence-electron chi connectivity index (χ1n) is 8.12. The maximum atomic E-state index is 12.8. The van der Waals surface area contributed by atoms with Gasteiger partial charge in [0.2, 0.25) is 5.91 Å². The standard InChI is InChI=1S/C17H34N2O/c1-9-17(8)15(20)19(11-16(6,7)13(4)5)14(18-17)10-12(2)3/h12-14,18H,9-11H2,1-8H3. The van der Waals surface area contributed by atoms with Gasteiger partial charge >= 0.3 is 0 Å². The fourth-order valence-electron chi connectivity index (χ4n) is 2.66. The Hall–Kier alpha value is -0.570. The Kier molecular flexibility index (Phi) is 5.29. The third-order valence-corrected chi connectivity index (χ3v) is 5.14. The molecule has 3 nitrogen and oxygen atoms in total. The number of hydrogen-bond acceptors (Lipinski definition) is 2. The minimum Gasteiger partial charge on any atom is -0.325 e. The number of amides is 1. The Balaban J connectivity index is 2.96. The van der Waals surface area contributed by atoms with Crippen LogP contribution in [0.25, 0.3) is 0 Å². The fourth-order valence-corrected chi connectivity index (χ4v) is 2.66. The number of hydrogen-bond donors (Lipinski definition) is 1. The van der Waals surface area contributed by atoms with Crippen molar-refractivity contribution < 1.29 is 4.79 Å². The van der Waals surface area contributed by atoms with E-state index in [1.54, 1.807) is 0 Å². The molecule has 20 heavy (non-hydrogen) atoms. The second-order valence-electron chi connectivity index (χ2n) is 8.05. The third-order valence-electron chi connectivity index (χ3n) is 5.14. The van der Waals surface area contributed by atoms with E-state index >= 15 is 0 Å². The van der Waals surface area contributed by atoms with E-state index in [2.05, 4.69) is 58.7 Å². The third kappa shape index (κ3) is 3.55. The van der Waals surface area contributed by atoms with Gasteiger partial charge in [-0.25, -0.2) is 0 Å². The van der Waals surface area contributed by atoms with E-state index in [0.717, 1.165) is 19.4 Å². The first-order valence-corrected chi connectivity index (χ1v) is 8.12. The van der Waals surface area contributed by atoms with Gasteiger partial charge in [0.05, 0.1) is 11.7 Å². The van der Waals surface area contributed by atoms with E-state index in [0.29, 0.717) is 11.8 Å². The maximum Gasteiger partial charge on any atom is 0.243 e. The zero-order valence-electron chi connectivity index (χ0n) is 14.7. The molecule has 0 aromatic rings. The maximum absolute atomic E-state index is 12.8. The van der Waals surface area contributed by atoms with Crippen LogP contribution in [-0.4, -0.2) is 29.1 Å². The topological polar surface area (TPSA) is 32.3 Å². The molecule has 0 spiro atoms. The van der Waals surface area contributed by atoms with Crippen LogP contribution >= 0.6 is 0 Å². The second-order valence-corrected chi connectivity index (χ2v) is 8.05. The summed E-state index contributed by atoms with van der Waals surface area (Å²) in [6, 6.07) is 0. The Morgan fingerprint density at radius 1 is 1.30 bits per heavy atom. The highest BCUT2D eigenvalue weighted by molar-refractivity contribution is 5.88. The van der Waals surface area contributed by atoms with E-state index in [4.69, 9.17) is 0 Å². The van der Waals surface area contributed by atoms with Crippen molar-refractivity contribution in [1.29, 1.82) is 0 Å². The van der Waals surface area contributed by atoms with Crippen molar-refractivity contribution in [3.8, 4) is 0 Å². The highest BCUT2D eigenvalue weighted by Crippen LogP contribution is 2.33. The van der Waals surface area contributed by atoms with Crippen LogP contribution in [-0.2, 0) is 4.79 Å². The molecule has 1 fully saturated rings. The van der Waals surface area contributed by atoms with E-state index in [1.807, 2.05) is 6.92 Å². The molecule has 2 unspecified atom stereocenters. The largest absolute Gasteiger partial charge is 0.325 e. The quantitative estimate of drug-likeness (QED) is 0.806. The predicted molar refractivity (Wildman–Crippen MR) is 85.4 cm³/mol. The molecular formula is C17H34N2O. The summed E-state index contributed by atoms with van der Waals surface area (Å²) in [6.07, 6.45) is 2.06. The zero-order chi connectivity index (χ0) is 15.7. The molecule has 0 radical (unpaired) electrons. The lowest BCUT2D eigenvalue weighted by atomic mass is 9.80. The number of nitrogens with zero attached hydrogens (tertiary/aromatic N) is 1. The average molecular weight is 282 g/mol. The summed E-state index contributed by atoms with van der Waals surface area (Å²) in [6.45, 7) is 18.4. The molecular weight excluding hydrogens is 248 g/mol. The van der Waals surface area contributed by atoms with Gasteiger partial charge < -0.3 is 4.90 Å². The second kappa shape index (κ2) is 6.05. The number of nitrogens with one attached hydrogen (secondary N) is 1. The lowest BCUT2D eigenvalue weighted by Gasteiger charge is -2.36. The van der Waals surface area contributed by atoms with Crippen LogP contribution in [0.3, 0.4) is 0 Å². The molecule has 1 rings (SSSR count). The lowest BCUT2D eigenvalue weighted by Crippen LogP contribution is -2.45. The summed E-state index contributed by atoms with van der Waals surface area (Å²) in [5.74, 6) is 1.42. The van der Waals surface area contributed by atoms with Crippen LogP contribution in [0.15, 0.2) is 0 Å². The Morgan fingerprint density at radius 3 is 2.25 bits per heavy atom. The lowest BCUT2D eigenvalue weighted by molar-refractivity contribution is -0.134. The smallest absolute Gasteiger partial charge is 0.243 e. The van der Waals surface area contributed by atoms with Crippen LogP contribution in [0, 0.1) is 17.3 Å². The molecule has 0 saturated carbocycles. The highest BCUT2D eigenvalue weighted by atomic mass is 16.2. The van der Waals surface area contributed by atoms with Gasteiger partial charge in [0, 0.05) is 6.54 Å². The van der Waals surface area contributed by atoms with Gasteiger partial charge in [0.15, 0.2) is 0 Å². The van der Waals surface area contributed by atoms with Crippen molar-refractivity contribution in [2.45, 2.75) is 79.9 Å². The first kappa shape index (κ1) is 17.5. The van der Waals surface area contributed by atoms with E-state index in [9.17, 15) is 4.79 Å². The first-order chi connectivity index (χ1) is 9.03. The molecule has 118 valence electrons. The minimum absolute atomic E-state index is 0.144. The normalized spacial score (nSPS) is 28.0. The van der Waals surface area contributed by atoms with Crippen molar-refractivity contribution in [2.24, 2.45) is 17.3 Å². The van der Waals surface area contributed by atoms with Gasteiger partial charge in [-0.1, -0.05) is 48.5 Å². The van der Waals surface area contributed by atoms with Gasteiger partial charge in [-0.2, -0.15) is 0 Å². The van der Waals surface area contributed by atoms with E-state index < -0.39 is 0 Å². The molecule has 1 aliphatic rings. The molecule has 1 amide bonds. The molecule has 0 bridgehead atoms. The SMILES string of the molecule is CCC1(C)NC(CC(C)C)N(CC(C)(C)C(C)C)C1=O. The average Bonchev–Trinajstić information content (AvgIpc) is 2.53. The van der Waals surface area contributed by atoms with Gasteiger partial charge in [0.1, 0.15) is 0 Å². The molecule has 0 aromatic heterocycles. The van der Waals surface area contributed by atoms with Crippen LogP contribution in [0.4, 0.5) is 0 Å². The summed E-state index contributed by atoms with van der Waals surface area (Å²) in [5, 5.41) is 3.59. The van der Waals surface area contributed by atoms with Crippen molar-refractivity contribution in [2.75, 3.05) is 6.54 Å². The molecule has 1 N–H and O–H groups in total. The Morgan fingerprint density at radius 2 is 1.85 bits per heavy atom. The monoisotopic (exact) mass is 282 g/mol. The molecule has 3 heteroatoms. The number of carbonyl (C=O) groups is 1. The molecule has 1 aliphatic heterocycles. The van der Waals surface area contributed by atoms with Gasteiger partial charge in [0.25, 0.3) is 0 Å². The van der Waals surface area contributed by atoms with E-state index in [-0.39, 0.29) is 23.0 Å². The van der Waals surface area contributed by atoms with Crippen LogP contribution in [0.1, 0.15) is 68.2 Å². The molecule has 2 atom stereocenters. The van der Waals surface area contributed by atoms with Crippen LogP contribution in [0.5, 0.6) is 0 Å². The summed E-state index contributed by atoms with van der Waals surface area (Å²) >= 11 is 0. The summed E-state index contributed by atoms with van der Waals surface area (Å²) in [5.41, 5.74) is -0.238. The van der Waals surface area contributed by atoms with Crippen molar-refractivity contribution in [1.82, 2.24) is 10.2 Å². The number of carbonyl (C=O) groups excluding carboxylic acids is 1. The van der Waals surface area contributed by atoms with Crippen LogP contribution < -0.4 is 5.32 Å². The van der Waals surface area contributed by atoms with E-state index in [1.165, 1.54) is 0 Å². The van der Waals surface area contributed by atoms with Crippen molar-refractivity contribution in [3.63, 3.8) is 0 Å². The van der Waals surface area contributed by atoms with Gasteiger partial charge in [-0.15, -0.1) is 0 Å². The van der Waals surface area contributed by atoms with Crippen LogP contribution in [0.2, 0.25) is 0 Å². The molecule has 1 heterocycles. The zero-order valence-corrected chi connectivity index (χ0v) is 14.7. The Labute approximate surface area is 125 Å². The Bertz CT molecular complexity index is 349. The minimum atomic E-state index is -0.382. The fraction of sp³-hybridized carbons (Fsp3) is 0.941. The summed E-state index contributed by atoms with van der Waals surface area (Å²) in [7, 11) is 0. The molecule has 0 aromatic carbocycles. The summed E-state index contributed by atoms with van der Waals surface area (Å²) < 4.78 is 0. The summed E-state index contributed by atoms with van der Waals surface area (Å²) in [4.78, 5) is 14.9. The molecule has 1 saturated heterocycles.